The summed E-state index contributed by atoms with van der Waals surface area (Å²) in [5.41, 5.74) is 1.36. The van der Waals surface area contributed by atoms with Gasteiger partial charge in [-0.05, 0) is 42.0 Å². The van der Waals surface area contributed by atoms with Crippen molar-refractivity contribution in [1.29, 1.82) is 0 Å². The third-order valence-corrected chi connectivity index (χ3v) is 7.30. The SMILES string of the molecule is O=C(COc1ccc(Cl)c2cccnc12)NCc1ccc(S(=O)(=O)N2CCOCC2)cc1. The topological polar surface area (TPSA) is 97.8 Å². The minimum atomic E-state index is -3.54. The number of hydrogen-bond donors (Lipinski definition) is 1. The summed E-state index contributed by atoms with van der Waals surface area (Å²) in [6, 6.07) is 13.5. The zero-order valence-corrected chi connectivity index (χ0v) is 18.7. The number of rotatable bonds is 7. The van der Waals surface area contributed by atoms with Gasteiger partial charge in [-0.1, -0.05) is 23.7 Å². The van der Waals surface area contributed by atoms with Crippen molar-refractivity contribution in [3.63, 3.8) is 0 Å². The first kappa shape index (κ1) is 22.5. The van der Waals surface area contributed by atoms with Crippen LogP contribution in [0.3, 0.4) is 0 Å². The van der Waals surface area contributed by atoms with E-state index in [0.29, 0.717) is 42.6 Å². The molecule has 0 aliphatic carbocycles. The Hall–Kier alpha value is -2.72. The van der Waals surface area contributed by atoms with E-state index < -0.39 is 10.0 Å². The third kappa shape index (κ3) is 5.02. The van der Waals surface area contributed by atoms with Crippen LogP contribution in [0.2, 0.25) is 5.02 Å². The minimum absolute atomic E-state index is 0.184. The fourth-order valence-electron chi connectivity index (χ4n) is 3.34. The maximum Gasteiger partial charge on any atom is 0.258 e. The number of carbonyl (C=O) groups is 1. The van der Waals surface area contributed by atoms with Gasteiger partial charge in [0.25, 0.3) is 5.91 Å². The number of aromatic nitrogens is 1. The molecular weight excluding hydrogens is 454 g/mol. The van der Waals surface area contributed by atoms with Gasteiger partial charge in [0.15, 0.2) is 6.61 Å². The van der Waals surface area contributed by atoms with Gasteiger partial charge >= 0.3 is 0 Å². The lowest BCUT2D eigenvalue weighted by Gasteiger charge is -2.26. The summed E-state index contributed by atoms with van der Waals surface area (Å²) < 4.78 is 37.6. The number of amides is 1. The summed E-state index contributed by atoms with van der Waals surface area (Å²) >= 11 is 6.17. The number of nitrogens with zero attached hydrogens (tertiary/aromatic N) is 2. The second kappa shape index (κ2) is 9.83. The van der Waals surface area contributed by atoms with Crippen molar-refractivity contribution in [3.05, 3.63) is 65.3 Å². The van der Waals surface area contributed by atoms with Crippen LogP contribution in [0.15, 0.2) is 59.6 Å². The molecular formula is C22H22ClN3O5S. The summed E-state index contributed by atoms with van der Waals surface area (Å²) in [4.78, 5) is 16.7. The van der Waals surface area contributed by atoms with Crippen molar-refractivity contribution in [1.82, 2.24) is 14.6 Å². The Balaban J connectivity index is 1.32. The highest BCUT2D eigenvalue weighted by Crippen LogP contribution is 2.29. The molecule has 1 N–H and O–H groups in total. The number of sulfonamides is 1. The molecule has 0 unspecified atom stereocenters. The van der Waals surface area contributed by atoms with Gasteiger partial charge in [-0.3, -0.25) is 9.78 Å². The number of halogens is 1. The molecule has 168 valence electrons. The standard InChI is InChI=1S/C22H22ClN3O5S/c23-19-7-8-20(22-18(19)2-1-9-24-22)31-15-21(27)25-14-16-3-5-17(6-4-16)32(28,29)26-10-12-30-13-11-26/h1-9H,10-15H2,(H,25,27). The molecule has 1 amide bonds. The van der Waals surface area contributed by atoms with Crippen molar-refractivity contribution < 1.29 is 22.7 Å². The summed E-state index contributed by atoms with van der Waals surface area (Å²) in [6.45, 7) is 1.55. The van der Waals surface area contributed by atoms with Gasteiger partial charge in [0.2, 0.25) is 10.0 Å². The Morgan fingerprint density at radius 3 is 2.62 bits per heavy atom. The quantitative estimate of drug-likeness (QED) is 0.564. The molecule has 0 atom stereocenters. The molecule has 32 heavy (non-hydrogen) atoms. The summed E-state index contributed by atoms with van der Waals surface area (Å²) in [5, 5.41) is 4.07. The monoisotopic (exact) mass is 475 g/mol. The van der Waals surface area contributed by atoms with Gasteiger partial charge < -0.3 is 14.8 Å². The number of nitrogens with one attached hydrogen (secondary N) is 1. The van der Waals surface area contributed by atoms with Crippen LogP contribution in [-0.4, -0.2) is 56.5 Å². The normalized spacial score (nSPS) is 14.9. The molecule has 10 heteroatoms. The van der Waals surface area contributed by atoms with E-state index in [1.807, 2.05) is 6.07 Å². The lowest BCUT2D eigenvalue weighted by atomic mass is 10.2. The molecule has 8 nitrogen and oxygen atoms in total. The lowest BCUT2D eigenvalue weighted by Crippen LogP contribution is -2.40. The first-order chi connectivity index (χ1) is 15.4. The highest BCUT2D eigenvalue weighted by Gasteiger charge is 2.26. The third-order valence-electron chi connectivity index (χ3n) is 5.06. The minimum Gasteiger partial charge on any atom is -0.481 e. The van der Waals surface area contributed by atoms with Crippen molar-refractivity contribution >= 4 is 38.4 Å². The predicted octanol–water partition coefficient (Wildman–Crippen LogP) is 2.60. The zero-order valence-electron chi connectivity index (χ0n) is 17.2. The average molecular weight is 476 g/mol. The fourth-order valence-corrected chi connectivity index (χ4v) is 4.96. The Morgan fingerprint density at radius 2 is 1.88 bits per heavy atom. The second-order valence-electron chi connectivity index (χ2n) is 7.17. The van der Waals surface area contributed by atoms with Gasteiger partial charge in [0, 0.05) is 31.2 Å². The Kier molecular flexibility index (Phi) is 6.90. The van der Waals surface area contributed by atoms with E-state index in [9.17, 15) is 13.2 Å². The van der Waals surface area contributed by atoms with E-state index in [2.05, 4.69) is 10.3 Å². The molecule has 1 fully saturated rings. The molecule has 2 heterocycles. The van der Waals surface area contributed by atoms with Gasteiger partial charge in [0.05, 0.1) is 23.1 Å². The van der Waals surface area contributed by atoms with Crippen molar-refractivity contribution in [2.75, 3.05) is 32.9 Å². The number of morpholine rings is 1. The van der Waals surface area contributed by atoms with Gasteiger partial charge in [-0.15, -0.1) is 0 Å². The highest BCUT2D eigenvalue weighted by molar-refractivity contribution is 7.89. The molecule has 0 radical (unpaired) electrons. The molecule has 0 spiro atoms. The first-order valence-corrected chi connectivity index (χ1v) is 11.9. The molecule has 4 rings (SSSR count). The summed E-state index contributed by atoms with van der Waals surface area (Å²) in [5.74, 6) is 0.159. The van der Waals surface area contributed by atoms with Crippen molar-refractivity contribution in [3.8, 4) is 5.75 Å². The molecule has 1 saturated heterocycles. The van der Waals surface area contributed by atoms with E-state index in [-0.39, 0.29) is 24.0 Å². The molecule has 3 aromatic rings. The number of carbonyl (C=O) groups excluding carboxylic acids is 1. The van der Waals surface area contributed by atoms with Crippen LogP contribution in [0, 0.1) is 0 Å². The maximum absolute atomic E-state index is 12.7. The molecule has 0 bridgehead atoms. The van der Waals surface area contributed by atoms with E-state index in [1.165, 1.54) is 4.31 Å². The van der Waals surface area contributed by atoms with Gasteiger partial charge in [-0.2, -0.15) is 4.31 Å². The van der Waals surface area contributed by atoms with Crippen LogP contribution in [0.1, 0.15) is 5.56 Å². The Morgan fingerprint density at radius 1 is 1.12 bits per heavy atom. The van der Waals surface area contributed by atoms with Crippen LogP contribution >= 0.6 is 11.6 Å². The van der Waals surface area contributed by atoms with E-state index >= 15 is 0 Å². The predicted molar refractivity (Wildman–Crippen MR) is 120 cm³/mol. The van der Waals surface area contributed by atoms with Crippen molar-refractivity contribution in [2.45, 2.75) is 11.4 Å². The van der Waals surface area contributed by atoms with Crippen LogP contribution in [0.4, 0.5) is 0 Å². The van der Waals surface area contributed by atoms with E-state index in [1.54, 1.807) is 48.7 Å². The number of fused-ring (bicyclic) bond motifs is 1. The van der Waals surface area contributed by atoms with Crippen LogP contribution in [0.25, 0.3) is 10.9 Å². The second-order valence-corrected chi connectivity index (χ2v) is 9.52. The molecule has 2 aromatic carbocycles. The number of benzene rings is 2. The number of hydrogen-bond acceptors (Lipinski definition) is 6. The van der Waals surface area contributed by atoms with Crippen molar-refractivity contribution in [2.24, 2.45) is 0 Å². The molecule has 0 saturated carbocycles. The lowest BCUT2D eigenvalue weighted by molar-refractivity contribution is -0.123. The summed E-state index contributed by atoms with van der Waals surface area (Å²) in [7, 11) is -3.54. The van der Waals surface area contributed by atoms with Crippen LogP contribution < -0.4 is 10.1 Å². The Bertz CT molecular complexity index is 1210. The Labute approximate surface area is 191 Å². The number of ether oxygens (including phenoxy) is 2. The largest absolute Gasteiger partial charge is 0.481 e. The maximum atomic E-state index is 12.7. The van der Waals surface area contributed by atoms with Gasteiger partial charge in [0.1, 0.15) is 11.3 Å². The first-order valence-electron chi connectivity index (χ1n) is 10.0. The average Bonchev–Trinajstić information content (AvgIpc) is 2.83. The smallest absolute Gasteiger partial charge is 0.258 e. The van der Waals surface area contributed by atoms with Gasteiger partial charge in [-0.25, -0.2) is 8.42 Å². The molecule has 1 aromatic heterocycles. The fraction of sp³-hybridized carbons (Fsp3) is 0.273. The van der Waals surface area contributed by atoms with E-state index in [0.717, 1.165) is 10.9 Å². The zero-order chi connectivity index (χ0) is 22.6. The van der Waals surface area contributed by atoms with E-state index in [4.69, 9.17) is 21.1 Å². The summed E-state index contributed by atoms with van der Waals surface area (Å²) in [6.07, 6.45) is 1.63. The molecule has 1 aliphatic rings. The van der Waals surface area contributed by atoms with Crippen LogP contribution in [-0.2, 0) is 26.1 Å². The number of pyridine rings is 1. The van der Waals surface area contributed by atoms with Crippen LogP contribution in [0.5, 0.6) is 5.75 Å². The highest BCUT2D eigenvalue weighted by atomic mass is 35.5. The molecule has 1 aliphatic heterocycles.